The van der Waals surface area contributed by atoms with Crippen molar-refractivity contribution in [3.05, 3.63) is 29.0 Å². The van der Waals surface area contributed by atoms with Gasteiger partial charge >= 0.3 is 12.0 Å². The number of carboxylic acids is 1. The fourth-order valence-corrected chi connectivity index (χ4v) is 1.72. The first-order chi connectivity index (χ1) is 9.45. The number of hydrogen-bond donors (Lipinski definition) is 3. The Labute approximate surface area is 127 Å². The topological polar surface area (TPSA) is 78.4 Å². The van der Waals surface area contributed by atoms with Gasteiger partial charge in [0.05, 0.1) is 11.0 Å². The third-order valence-electron chi connectivity index (χ3n) is 3.64. The molecule has 0 unspecified atom stereocenters. The van der Waals surface area contributed by atoms with E-state index < -0.39 is 28.8 Å². The average molecular weight is 317 g/mol. The normalized spacial score (nSPS) is 11.9. The number of carbonyl (C=O) groups excluding carboxylic acids is 1. The van der Waals surface area contributed by atoms with E-state index in [1.807, 2.05) is 0 Å². The number of carbonyl (C=O) groups is 2. The van der Waals surface area contributed by atoms with Gasteiger partial charge in [-0.05, 0) is 45.9 Å². The van der Waals surface area contributed by atoms with Crippen LogP contribution in [0.15, 0.2) is 18.2 Å². The van der Waals surface area contributed by atoms with Gasteiger partial charge in [0, 0.05) is 10.7 Å². The standard InChI is InChI=1S/C14H18ClFN2O3/c1-13(2,11(19)20)14(3,4)18-12(21)17-10-6-8(15)5-9(16)7-10/h5-7H,1-4H3,(H,19,20)(H2,17,18,21). The van der Waals surface area contributed by atoms with E-state index in [2.05, 4.69) is 10.6 Å². The van der Waals surface area contributed by atoms with Crippen LogP contribution in [-0.4, -0.2) is 22.6 Å². The lowest BCUT2D eigenvalue weighted by atomic mass is 9.74. The van der Waals surface area contributed by atoms with Gasteiger partial charge in [-0.1, -0.05) is 11.6 Å². The molecule has 0 aliphatic carbocycles. The molecule has 5 nitrogen and oxygen atoms in total. The lowest BCUT2D eigenvalue weighted by molar-refractivity contribution is -0.150. The molecule has 116 valence electrons. The van der Waals surface area contributed by atoms with E-state index in [0.717, 1.165) is 12.1 Å². The predicted molar refractivity (Wildman–Crippen MR) is 79.1 cm³/mol. The molecule has 2 amide bonds. The molecule has 0 aromatic heterocycles. The molecule has 0 fully saturated rings. The second-order valence-corrected chi connectivity index (χ2v) is 6.23. The van der Waals surface area contributed by atoms with Crippen LogP contribution in [0.2, 0.25) is 5.02 Å². The number of hydrogen-bond acceptors (Lipinski definition) is 2. The van der Waals surface area contributed by atoms with Gasteiger partial charge in [-0.3, -0.25) is 4.79 Å². The number of rotatable bonds is 4. The summed E-state index contributed by atoms with van der Waals surface area (Å²) in [5, 5.41) is 14.4. The highest BCUT2D eigenvalue weighted by molar-refractivity contribution is 6.30. The molecule has 21 heavy (non-hydrogen) atoms. The van der Waals surface area contributed by atoms with Crippen molar-refractivity contribution >= 4 is 29.3 Å². The fraction of sp³-hybridized carbons (Fsp3) is 0.429. The first kappa shape index (κ1) is 17.2. The van der Waals surface area contributed by atoms with Crippen LogP contribution in [-0.2, 0) is 4.79 Å². The highest BCUT2D eigenvalue weighted by Gasteiger charge is 2.44. The molecule has 7 heteroatoms. The zero-order chi connectivity index (χ0) is 16.4. The summed E-state index contributed by atoms with van der Waals surface area (Å²) in [7, 11) is 0. The molecular formula is C14H18ClFN2O3. The molecule has 0 bridgehead atoms. The van der Waals surface area contributed by atoms with Gasteiger partial charge in [-0.2, -0.15) is 0 Å². The average Bonchev–Trinajstić information content (AvgIpc) is 2.25. The Hall–Kier alpha value is -1.82. The lowest BCUT2D eigenvalue weighted by Crippen LogP contribution is -2.57. The number of anilines is 1. The first-order valence-electron chi connectivity index (χ1n) is 6.24. The first-order valence-corrected chi connectivity index (χ1v) is 6.62. The van der Waals surface area contributed by atoms with Gasteiger partial charge in [0.15, 0.2) is 0 Å². The second-order valence-electron chi connectivity index (χ2n) is 5.79. The van der Waals surface area contributed by atoms with Crippen LogP contribution in [0.25, 0.3) is 0 Å². The summed E-state index contributed by atoms with van der Waals surface area (Å²) >= 11 is 5.69. The van der Waals surface area contributed by atoms with Crippen LogP contribution >= 0.6 is 11.6 Å². The summed E-state index contributed by atoms with van der Waals surface area (Å²) in [6.07, 6.45) is 0. The molecule has 0 spiro atoms. The monoisotopic (exact) mass is 316 g/mol. The van der Waals surface area contributed by atoms with Crippen molar-refractivity contribution in [2.75, 3.05) is 5.32 Å². The van der Waals surface area contributed by atoms with Gasteiger partial charge in [0.25, 0.3) is 0 Å². The maximum Gasteiger partial charge on any atom is 0.319 e. The molecule has 1 rings (SSSR count). The van der Waals surface area contributed by atoms with Crippen LogP contribution in [0.4, 0.5) is 14.9 Å². The molecule has 0 heterocycles. The summed E-state index contributed by atoms with van der Waals surface area (Å²) in [4.78, 5) is 23.2. The number of nitrogens with one attached hydrogen (secondary N) is 2. The van der Waals surface area contributed by atoms with Gasteiger partial charge in [-0.25, -0.2) is 9.18 Å². The smallest absolute Gasteiger partial charge is 0.319 e. The third kappa shape index (κ3) is 4.07. The van der Waals surface area contributed by atoms with Crippen molar-refractivity contribution in [3.8, 4) is 0 Å². The number of amides is 2. The van der Waals surface area contributed by atoms with Crippen molar-refractivity contribution < 1.29 is 19.1 Å². The molecular weight excluding hydrogens is 299 g/mol. The van der Waals surface area contributed by atoms with Crippen molar-refractivity contribution in [1.82, 2.24) is 5.32 Å². The summed E-state index contributed by atoms with van der Waals surface area (Å²) < 4.78 is 13.2. The maximum absolute atomic E-state index is 13.2. The van der Waals surface area contributed by atoms with E-state index in [9.17, 15) is 19.1 Å². The number of carboxylic acid groups (broad SMARTS) is 1. The Morgan fingerprint density at radius 1 is 1.19 bits per heavy atom. The molecule has 1 aromatic rings. The van der Waals surface area contributed by atoms with E-state index in [0.29, 0.717) is 0 Å². The van der Waals surface area contributed by atoms with E-state index >= 15 is 0 Å². The number of urea groups is 1. The summed E-state index contributed by atoms with van der Waals surface area (Å²) in [5.74, 6) is -1.62. The molecule has 0 saturated carbocycles. The minimum Gasteiger partial charge on any atom is -0.481 e. The zero-order valence-corrected chi connectivity index (χ0v) is 13.0. The van der Waals surface area contributed by atoms with Crippen LogP contribution in [0.5, 0.6) is 0 Å². The number of benzene rings is 1. The van der Waals surface area contributed by atoms with Gasteiger partial charge in [-0.15, -0.1) is 0 Å². The Balaban J connectivity index is 2.84. The lowest BCUT2D eigenvalue weighted by Gasteiger charge is -2.38. The van der Waals surface area contributed by atoms with Crippen LogP contribution in [0, 0.1) is 11.2 Å². The summed E-state index contributed by atoms with van der Waals surface area (Å²) in [6, 6.07) is 2.97. The van der Waals surface area contributed by atoms with Gasteiger partial charge < -0.3 is 15.7 Å². The quantitative estimate of drug-likeness (QED) is 0.795. The minimum absolute atomic E-state index is 0.149. The molecule has 0 aliphatic rings. The molecule has 0 saturated heterocycles. The third-order valence-corrected chi connectivity index (χ3v) is 3.86. The summed E-state index contributed by atoms with van der Waals surface area (Å²) in [5.41, 5.74) is -2.04. The van der Waals surface area contributed by atoms with E-state index in [1.165, 1.54) is 19.9 Å². The van der Waals surface area contributed by atoms with Crippen molar-refractivity contribution in [2.24, 2.45) is 5.41 Å². The molecule has 0 radical (unpaired) electrons. The van der Waals surface area contributed by atoms with Crippen molar-refractivity contribution in [2.45, 2.75) is 33.2 Å². The molecule has 3 N–H and O–H groups in total. The molecule has 0 atom stereocenters. The highest BCUT2D eigenvalue weighted by atomic mass is 35.5. The maximum atomic E-state index is 13.2. The van der Waals surface area contributed by atoms with Crippen LogP contribution in [0.1, 0.15) is 27.7 Å². The Kier molecular flexibility index (Phi) is 4.83. The largest absolute Gasteiger partial charge is 0.481 e. The SMILES string of the molecule is CC(C)(NC(=O)Nc1cc(F)cc(Cl)c1)C(C)(C)C(=O)O. The number of aliphatic carboxylic acids is 1. The van der Waals surface area contributed by atoms with Crippen molar-refractivity contribution in [3.63, 3.8) is 0 Å². The van der Waals surface area contributed by atoms with Crippen LogP contribution < -0.4 is 10.6 Å². The predicted octanol–water partition coefficient (Wildman–Crippen LogP) is 3.49. The minimum atomic E-state index is -1.19. The van der Waals surface area contributed by atoms with Gasteiger partial charge in [0.2, 0.25) is 0 Å². The van der Waals surface area contributed by atoms with E-state index in [4.69, 9.17) is 11.6 Å². The Morgan fingerprint density at radius 3 is 2.24 bits per heavy atom. The zero-order valence-electron chi connectivity index (χ0n) is 12.3. The number of halogens is 2. The Morgan fingerprint density at radius 2 is 1.76 bits per heavy atom. The molecule has 1 aromatic carbocycles. The summed E-state index contributed by atoms with van der Waals surface area (Å²) in [6.45, 7) is 6.21. The Bertz CT molecular complexity index is 553. The highest BCUT2D eigenvalue weighted by Crippen LogP contribution is 2.30. The van der Waals surface area contributed by atoms with E-state index in [1.54, 1.807) is 13.8 Å². The van der Waals surface area contributed by atoms with Crippen LogP contribution in [0.3, 0.4) is 0 Å². The van der Waals surface area contributed by atoms with Crippen molar-refractivity contribution in [1.29, 1.82) is 0 Å². The fourth-order valence-electron chi connectivity index (χ4n) is 1.50. The second kappa shape index (κ2) is 5.89. The van der Waals surface area contributed by atoms with E-state index in [-0.39, 0.29) is 10.7 Å². The van der Waals surface area contributed by atoms with Gasteiger partial charge in [0.1, 0.15) is 5.82 Å². The molecule has 0 aliphatic heterocycles.